The van der Waals surface area contributed by atoms with Gasteiger partial charge in [0.2, 0.25) is 0 Å². The maximum absolute atomic E-state index is 12.2. The lowest BCUT2D eigenvalue weighted by molar-refractivity contribution is -0.153. The quantitative estimate of drug-likeness (QED) is 0.826. The second-order valence-corrected chi connectivity index (χ2v) is 5.18. The Morgan fingerprint density at radius 3 is 2.63 bits per heavy atom. The summed E-state index contributed by atoms with van der Waals surface area (Å²) < 4.78 is 42.3. The van der Waals surface area contributed by atoms with Crippen LogP contribution in [0.25, 0.3) is 0 Å². The number of halogens is 4. The largest absolute Gasteiger partial charge is 0.484 e. The molecule has 2 nitrogen and oxygen atoms in total. The summed E-state index contributed by atoms with van der Waals surface area (Å²) in [6.45, 7) is 3.45. The van der Waals surface area contributed by atoms with E-state index in [1.54, 1.807) is 18.2 Å². The molecule has 0 saturated carbocycles. The molecule has 0 fully saturated rings. The number of rotatable bonds is 6. The smallest absolute Gasteiger partial charge is 0.422 e. The van der Waals surface area contributed by atoms with Crippen LogP contribution in [-0.2, 0) is 0 Å². The van der Waals surface area contributed by atoms with Gasteiger partial charge in [-0.15, -0.1) is 0 Å². The Kier molecular flexibility index (Phi) is 6.13. The molecule has 1 aromatic rings. The van der Waals surface area contributed by atoms with Crippen LogP contribution in [0, 0.1) is 0 Å². The standard InChI is InChI=1S/C13H17BrF3NO/c1-3-6-18-9(2)11-5-4-10(14)7-12(11)19-8-13(15,16)17/h4-5,7,9,18H,3,6,8H2,1-2H3. The SMILES string of the molecule is CCCNC(C)c1ccc(Br)cc1OCC(F)(F)F. The molecular weight excluding hydrogens is 323 g/mol. The van der Waals surface area contributed by atoms with Crippen molar-refractivity contribution in [2.24, 2.45) is 0 Å². The molecule has 0 bridgehead atoms. The molecule has 0 aliphatic carbocycles. The zero-order valence-electron chi connectivity index (χ0n) is 10.9. The van der Waals surface area contributed by atoms with Gasteiger partial charge in [0.25, 0.3) is 0 Å². The highest BCUT2D eigenvalue weighted by molar-refractivity contribution is 9.10. The summed E-state index contributed by atoms with van der Waals surface area (Å²) in [6.07, 6.45) is -3.38. The van der Waals surface area contributed by atoms with Crippen molar-refractivity contribution in [3.8, 4) is 5.75 Å². The number of hydrogen-bond acceptors (Lipinski definition) is 2. The van der Waals surface area contributed by atoms with Gasteiger partial charge in [0.1, 0.15) is 5.75 Å². The first-order valence-electron chi connectivity index (χ1n) is 6.06. The molecule has 0 saturated heterocycles. The van der Waals surface area contributed by atoms with E-state index in [4.69, 9.17) is 4.74 Å². The molecule has 108 valence electrons. The fraction of sp³-hybridized carbons (Fsp3) is 0.538. The van der Waals surface area contributed by atoms with Gasteiger partial charge in [0.15, 0.2) is 6.61 Å². The molecule has 1 aromatic carbocycles. The van der Waals surface area contributed by atoms with E-state index in [9.17, 15) is 13.2 Å². The van der Waals surface area contributed by atoms with E-state index in [0.29, 0.717) is 4.47 Å². The first-order chi connectivity index (χ1) is 8.83. The maximum Gasteiger partial charge on any atom is 0.422 e. The molecule has 0 spiro atoms. The topological polar surface area (TPSA) is 21.3 Å². The first-order valence-corrected chi connectivity index (χ1v) is 6.85. The van der Waals surface area contributed by atoms with E-state index >= 15 is 0 Å². The van der Waals surface area contributed by atoms with Crippen molar-refractivity contribution in [2.45, 2.75) is 32.5 Å². The van der Waals surface area contributed by atoms with Crippen molar-refractivity contribution in [3.63, 3.8) is 0 Å². The van der Waals surface area contributed by atoms with Gasteiger partial charge >= 0.3 is 6.18 Å². The van der Waals surface area contributed by atoms with Crippen molar-refractivity contribution in [1.29, 1.82) is 0 Å². The van der Waals surface area contributed by atoms with Gasteiger partial charge in [0, 0.05) is 16.1 Å². The van der Waals surface area contributed by atoms with E-state index in [1.807, 2.05) is 13.8 Å². The molecule has 0 aliphatic heterocycles. The number of benzene rings is 1. The fourth-order valence-electron chi connectivity index (χ4n) is 1.62. The molecule has 1 atom stereocenters. The average Bonchev–Trinajstić information content (AvgIpc) is 2.32. The highest BCUT2D eigenvalue weighted by Gasteiger charge is 2.29. The van der Waals surface area contributed by atoms with Crippen LogP contribution in [0.4, 0.5) is 13.2 Å². The van der Waals surface area contributed by atoms with Gasteiger partial charge in [-0.05, 0) is 32.0 Å². The minimum atomic E-state index is -4.33. The molecule has 1 N–H and O–H groups in total. The van der Waals surface area contributed by atoms with Gasteiger partial charge in [-0.3, -0.25) is 0 Å². The summed E-state index contributed by atoms with van der Waals surface area (Å²) in [4.78, 5) is 0. The maximum atomic E-state index is 12.2. The molecule has 1 unspecified atom stereocenters. The Morgan fingerprint density at radius 2 is 2.05 bits per heavy atom. The van der Waals surface area contributed by atoms with E-state index < -0.39 is 12.8 Å². The van der Waals surface area contributed by atoms with Gasteiger partial charge in [-0.1, -0.05) is 28.9 Å². The van der Waals surface area contributed by atoms with E-state index in [1.165, 1.54) is 0 Å². The number of ether oxygens (including phenoxy) is 1. The predicted molar refractivity (Wildman–Crippen MR) is 72.4 cm³/mol. The molecule has 0 aliphatic rings. The summed E-state index contributed by atoms with van der Waals surface area (Å²) in [5.41, 5.74) is 0.723. The van der Waals surface area contributed by atoms with E-state index in [0.717, 1.165) is 18.5 Å². The highest BCUT2D eigenvalue weighted by atomic mass is 79.9. The second-order valence-electron chi connectivity index (χ2n) is 4.26. The summed E-state index contributed by atoms with van der Waals surface area (Å²) in [5, 5.41) is 3.23. The van der Waals surface area contributed by atoms with Crippen LogP contribution < -0.4 is 10.1 Å². The minimum Gasteiger partial charge on any atom is -0.484 e. The molecule has 0 amide bonds. The van der Waals surface area contributed by atoms with Crippen molar-refractivity contribution < 1.29 is 17.9 Å². The predicted octanol–water partition coefficient (Wildman–Crippen LogP) is 4.45. The van der Waals surface area contributed by atoms with Gasteiger partial charge in [-0.2, -0.15) is 13.2 Å². The molecular formula is C13H17BrF3NO. The van der Waals surface area contributed by atoms with Crippen LogP contribution in [0.5, 0.6) is 5.75 Å². The summed E-state index contributed by atoms with van der Waals surface area (Å²) in [5.74, 6) is 0.253. The fourth-order valence-corrected chi connectivity index (χ4v) is 1.96. The summed E-state index contributed by atoms with van der Waals surface area (Å²) in [6, 6.07) is 5.06. The van der Waals surface area contributed by atoms with E-state index in [2.05, 4.69) is 21.2 Å². The average molecular weight is 340 g/mol. The normalized spacial score (nSPS) is 13.4. The van der Waals surface area contributed by atoms with Crippen LogP contribution in [-0.4, -0.2) is 19.3 Å². The minimum absolute atomic E-state index is 0.0590. The zero-order chi connectivity index (χ0) is 14.5. The van der Waals surface area contributed by atoms with Crippen LogP contribution >= 0.6 is 15.9 Å². The summed E-state index contributed by atoms with van der Waals surface area (Å²) in [7, 11) is 0. The third-order valence-electron chi connectivity index (χ3n) is 2.53. The van der Waals surface area contributed by atoms with E-state index in [-0.39, 0.29) is 11.8 Å². The lowest BCUT2D eigenvalue weighted by Gasteiger charge is -2.19. The summed E-state index contributed by atoms with van der Waals surface area (Å²) >= 11 is 3.24. The van der Waals surface area contributed by atoms with Gasteiger partial charge in [0.05, 0.1) is 0 Å². The van der Waals surface area contributed by atoms with Crippen LogP contribution in [0.1, 0.15) is 31.9 Å². The van der Waals surface area contributed by atoms with Crippen LogP contribution in [0.3, 0.4) is 0 Å². The molecule has 1 rings (SSSR count). The molecule has 0 heterocycles. The van der Waals surface area contributed by atoms with Gasteiger partial charge < -0.3 is 10.1 Å². The lowest BCUT2D eigenvalue weighted by atomic mass is 10.1. The van der Waals surface area contributed by atoms with Crippen molar-refractivity contribution in [3.05, 3.63) is 28.2 Å². The molecule has 0 aromatic heterocycles. The molecule has 6 heteroatoms. The highest BCUT2D eigenvalue weighted by Crippen LogP contribution is 2.30. The first kappa shape index (κ1) is 16.3. The second kappa shape index (κ2) is 7.14. The van der Waals surface area contributed by atoms with Crippen LogP contribution in [0.2, 0.25) is 0 Å². The Balaban J connectivity index is 2.85. The molecule has 0 radical (unpaired) electrons. The zero-order valence-corrected chi connectivity index (χ0v) is 12.4. The van der Waals surface area contributed by atoms with Crippen LogP contribution in [0.15, 0.2) is 22.7 Å². The Hall–Kier alpha value is -0.750. The third kappa shape index (κ3) is 5.82. The third-order valence-corrected chi connectivity index (χ3v) is 3.03. The van der Waals surface area contributed by atoms with Gasteiger partial charge in [-0.25, -0.2) is 0 Å². The monoisotopic (exact) mass is 339 g/mol. The van der Waals surface area contributed by atoms with Crippen molar-refractivity contribution in [2.75, 3.05) is 13.2 Å². The molecule has 19 heavy (non-hydrogen) atoms. The number of hydrogen-bond donors (Lipinski definition) is 1. The number of alkyl halides is 3. The van der Waals surface area contributed by atoms with Crippen molar-refractivity contribution >= 4 is 15.9 Å². The Morgan fingerprint density at radius 1 is 1.37 bits per heavy atom. The number of nitrogens with one attached hydrogen (secondary N) is 1. The lowest BCUT2D eigenvalue weighted by Crippen LogP contribution is -2.22. The Labute approximate surface area is 119 Å². The Bertz CT molecular complexity index is 409. The van der Waals surface area contributed by atoms with Crippen molar-refractivity contribution in [1.82, 2.24) is 5.32 Å².